The summed E-state index contributed by atoms with van der Waals surface area (Å²) in [5.41, 5.74) is 2.10. The van der Waals surface area contributed by atoms with Gasteiger partial charge in [0.1, 0.15) is 12.6 Å². The van der Waals surface area contributed by atoms with Crippen LogP contribution in [0.15, 0.2) is 89.4 Å². The van der Waals surface area contributed by atoms with Gasteiger partial charge in [-0.25, -0.2) is 8.42 Å². The molecule has 3 aromatic rings. The standard InChI is InChI=1S/C29H34BrN3O4S/c1-4-22(2)31-29(35)27(19-23-11-7-5-8-12-23)32(20-24-13-9-6-10-14-24)28(34)21-33(38(3,36)37)26-17-15-25(30)16-18-26/h5-18,22,27H,4,19-21H2,1-3H3,(H,31,35)/t22-,27-/m0/s1. The summed E-state index contributed by atoms with van der Waals surface area (Å²) in [7, 11) is -3.79. The minimum absolute atomic E-state index is 0.0789. The van der Waals surface area contributed by atoms with Crippen molar-refractivity contribution in [2.45, 2.75) is 45.3 Å². The molecule has 0 unspecified atom stereocenters. The maximum absolute atomic E-state index is 14.0. The summed E-state index contributed by atoms with van der Waals surface area (Å²) in [6.45, 7) is 3.62. The summed E-state index contributed by atoms with van der Waals surface area (Å²) in [5.74, 6) is -0.746. The van der Waals surface area contributed by atoms with Crippen LogP contribution in [0.4, 0.5) is 5.69 Å². The van der Waals surface area contributed by atoms with Gasteiger partial charge in [0.15, 0.2) is 0 Å². The Hall–Kier alpha value is -3.17. The van der Waals surface area contributed by atoms with Crippen molar-refractivity contribution in [3.63, 3.8) is 0 Å². The largest absolute Gasteiger partial charge is 0.352 e. The van der Waals surface area contributed by atoms with Crippen LogP contribution in [-0.4, -0.2) is 50.0 Å². The summed E-state index contributed by atoms with van der Waals surface area (Å²) in [6, 6.07) is 24.7. The summed E-state index contributed by atoms with van der Waals surface area (Å²) in [6.07, 6.45) is 2.10. The monoisotopic (exact) mass is 599 g/mol. The second-order valence-electron chi connectivity index (χ2n) is 9.28. The number of halogens is 1. The number of carbonyl (C=O) groups is 2. The Balaban J connectivity index is 2.03. The van der Waals surface area contributed by atoms with Gasteiger partial charge < -0.3 is 10.2 Å². The zero-order chi connectivity index (χ0) is 27.7. The molecule has 3 rings (SSSR count). The van der Waals surface area contributed by atoms with Gasteiger partial charge in [0.05, 0.1) is 11.9 Å². The van der Waals surface area contributed by atoms with Crippen molar-refractivity contribution in [1.82, 2.24) is 10.2 Å². The van der Waals surface area contributed by atoms with Crippen LogP contribution < -0.4 is 9.62 Å². The Morgan fingerprint density at radius 1 is 0.895 bits per heavy atom. The van der Waals surface area contributed by atoms with Crippen LogP contribution in [0.3, 0.4) is 0 Å². The Morgan fingerprint density at radius 3 is 1.97 bits per heavy atom. The molecular weight excluding hydrogens is 566 g/mol. The molecule has 0 aliphatic heterocycles. The van der Waals surface area contributed by atoms with Crippen LogP contribution in [-0.2, 0) is 32.6 Å². The van der Waals surface area contributed by atoms with Gasteiger partial charge in [-0.05, 0) is 48.7 Å². The van der Waals surface area contributed by atoms with Crippen molar-refractivity contribution in [3.8, 4) is 0 Å². The molecule has 0 aromatic heterocycles. The normalized spacial score (nSPS) is 12.8. The van der Waals surface area contributed by atoms with Crippen LogP contribution >= 0.6 is 15.9 Å². The molecule has 202 valence electrons. The molecule has 9 heteroatoms. The molecule has 0 saturated carbocycles. The second kappa shape index (κ2) is 13.6. The summed E-state index contributed by atoms with van der Waals surface area (Å²) in [4.78, 5) is 29.1. The fourth-order valence-electron chi connectivity index (χ4n) is 4.00. The first kappa shape index (κ1) is 29.4. The zero-order valence-corrected chi connectivity index (χ0v) is 24.3. The fourth-order valence-corrected chi connectivity index (χ4v) is 5.11. The highest BCUT2D eigenvalue weighted by Crippen LogP contribution is 2.22. The number of amides is 2. The third-order valence-corrected chi connectivity index (χ3v) is 7.93. The van der Waals surface area contributed by atoms with Crippen LogP contribution in [0.1, 0.15) is 31.4 Å². The molecule has 0 fully saturated rings. The van der Waals surface area contributed by atoms with Gasteiger partial charge >= 0.3 is 0 Å². The minimum Gasteiger partial charge on any atom is -0.352 e. The Kier molecular flexibility index (Phi) is 10.5. The van der Waals surface area contributed by atoms with Crippen molar-refractivity contribution in [1.29, 1.82) is 0 Å². The van der Waals surface area contributed by atoms with E-state index < -0.39 is 28.5 Å². The fraction of sp³-hybridized carbons (Fsp3) is 0.310. The van der Waals surface area contributed by atoms with Crippen molar-refractivity contribution in [2.75, 3.05) is 17.1 Å². The molecule has 0 aliphatic rings. The Bertz CT molecular complexity index is 1300. The summed E-state index contributed by atoms with van der Waals surface area (Å²) >= 11 is 3.36. The maximum Gasteiger partial charge on any atom is 0.244 e. The van der Waals surface area contributed by atoms with E-state index in [-0.39, 0.29) is 18.5 Å². The number of hydrogen-bond donors (Lipinski definition) is 1. The highest BCUT2D eigenvalue weighted by atomic mass is 79.9. The SMILES string of the molecule is CC[C@H](C)NC(=O)[C@H](Cc1ccccc1)N(Cc1ccccc1)C(=O)CN(c1ccc(Br)cc1)S(C)(=O)=O. The lowest BCUT2D eigenvalue weighted by Gasteiger charge is -2.34. The van der Waals surface area contributed by atoms with Crippen molar-refractivity contribution in [3.05, 3.63) is 101 Å². The number of carbonyl (C=O) groups excluding carboxylic acids is 2. The van der Waals surface area contributed by atoms with E-state index in [1.54, 1.807) is 24.3 Å². The lowest BCUT2D eigenvalue weighted by Crippen LogP contribution is -2.54. The van der Waals surface area contributed by atoms with Gasteiger partial charge in [-0.3, -0.25) is 13.9 Å². The Labute approximate surface area is 234 Å². The molecule has 0 bridgehead atoms. The first-order valence-electron chi connectivity index (χ1n) is 12.5. The van der Waals surface area contributed by atoms with Crippen molar-refractivity contribution in [2.24, 2.45) is 0 Å². The summed E-state index contributed by atoms with van der Waals surface area (Å²) in [5, 5.41) is 3.02. The van der Waals surface area contributed by atoms with Gasteiger partial charge in [0, 0.05) is 23.5 Å². The van der Waals surface area contributed by atoms with Gasteiger partial charge in [-0.1, -0.05) is 83.5 Å². The molecule has 0 aliphatic carbocycles. The smallest absolute Gasteiger partial charge is 0.244 e. The molecule has 2 atom stereocenters. The highest BCUT2D eigenvalue weighted by Gasteiger charge is 2.33. The van der Waals surface area contributed by atoms with Crippen LogP contribution in [0.25, 0.3) is 0 Å². The lowest BCUT2D eigenvalue weighted by atomic mass is 10.0. The molecular formula is C29H34BrN3O4S. The lowest BCUT2D eigenvalue weighted by molar-refractivity contribution is -0.140. The van der Waals surface area contributed by atoms with Crippen LogP contribution in [0.2, 0.25) is 0 Å². The second-order valence-corrected chi connectivity index (χ2v) is 12.1. The Morgan fingerprint density at radius 2 is 1.45 bits per heavy atom. The highest BCUT2D eigenvalue weighted by molar-refractivity contribution is 9.10. The third-order valence-electron chi connectivity index (χ3n) is 6.26. The van der Waals surface area contributed by atoms with E-state index in [9.17, 15) is 18.0 Å². The number of benzene rings is 3. The maximum atomic E-state index is 14.0. The predicted octanol–water partition coefficient (Wildman–Crippen LogP) is 4.77. The van der Waals surface area contributed by atoms with E-state index in [2.05, 4.69) is 21.2 Å². The number of nitrogens with zero attached hydrogens (tertiary/aromatic N) is 2. The van der Waals surface area contributed by atoms with E-state index >= 15 is 0 Å². The molecule has 0 heterocycles. The molecule has 0 saturated heterocycles. The van der Waals surface area contributed by atoms with Crippen LogP contribution in [0, 0.1) is 0 Å². The van der Waals surface area contributed by atoms with E-state index in [1.165, 1.54) is 4.90 Å². The van der Waals surface area contributed by atoms with Gasteiger partial charge in [0.2, 0.25) is 21.8 Å². The first-order chi connectivity index (χ1) is 18.1. The van der Waals surface area contributed by atoms with Crippen molar-refractivity contribution < 1.29 is 18.0 Å². The minimum atomic E-state index is -3.79. The number of sulfonamides is 1. The number of rotatable bonds is 12. The molecule has 2 amide bonds. The average Bonchev–Trinajstić information content (AvgIpc) is 2.90. The number of nitrogens with one attached hydrogen (secondary N) is 1. The third kappa shape index (κ3) is 8.43. The van der Waals surface area contributed by atoms with Gasteiger partial charge in [-0.15, -0.1) is 0 Å². The molecule has 3 aromatic carbocycles. The van der Waals surface area contributed by atoms with Gasteiger partial charge in [-0.2, -0.15) is 0 Å². The summed E-state index contributed by atoms with van der Waals surface area (Å²) < 4.78 is 27.4. The molecule has 0 radical (unpaired) electrons. The molecule has 38 heavy (non-hydrogen) atoms. The van der Waals surface area contributed by atoms with Crippen LogP contribution in [0.5, 0.6) is 0 Å². The number of anilines is 1. The van der Waals surface area contributed by atoms with E-state index in [4.69, 9.17) is 0 Å². The van der Waals surface area contributed by atoms with E-state index in [1.807, 2.05) is 74.5 Å². The topological polar surface area (TPSA) is 86.8 Å². The molecule has 0 spiro atoms. The van der Waals surface area contributed by atoms with E-state index in [0.29, 0.717) is 12.1 Å². The van der Waals surface area contributed by atoms with Crippen molar-refractivity contribution >= 4 is 43.5 Å². The van der Waals surface area contributed by atoms with Gasteiger partial charge in [0.25, 0.3) is 0 Å². The average molecular weight is 601 g/mol. The van der Waals surface area contributed by atoms with E-state index in [0.717, 1.165) is 32.6 Å². The first-order valence-corrected chi connectivity index (χ1v) is 15.1. The zero-order valence-electron chi connectivity index (χ0n) is 21.9. The number of hydrogen-bond acceptors (Lipinski definition) is 4. The molecule has 1 N–H and O–H groups in total. The predicted molar refractivity (Wildman–Crippen MR) is 155 cm³/mol. The quantitative estimate of drug-likeness (QED) is 0.325. The molecule has 7 nitrogen and oxygen atoms in total.